The highest BCUT2D eigenvalue weighted by molar-refractivity contribution is 5.18. The normalized spacial score (nSPS) is 15.0. The van der Waals surface area contributed by atoms with Crippen LogP contribution in [0.2, 0.25) is 0 Å². The molecule has 1 nitrogen and oxygen atoms in total. The third-order valence-corrected chi connectivity index (χ3v) is 2.18. The van der Waals surface area contributed by atoms with Crippen LogP contribution in [0.1, 0.15) is 20.8 Å². The lowest BCUT2D eigenvalue weighted by Gasteiger charge is -2.25. The van der Waals surface area contributed by atoms with Gasteiger partial charge in [0.05, 0.1) is 0 Å². The minimum Gasteiger partial charge on any atom is -0.369 e. The minimum atomic E-state index is 0.385. The molecule has 14 heavy (non-hydrogen) atoms. The van der Waals surface area contributed by atoms with Crippen LogP contribution in [0.3, 0.4) is 0 Å². The molecule has 0 aromatic heterocycles. The summed E-state index contributed by atoms with van der Waals surface area (Å²) in [6, 6.07) is 0.385. The maximum absolute atomic E-state index is 3.66. The van der Waals surface area contributed by atoms with Gasteiger partial charge in [0.1, 0.15) is 0 Å². The molecular formula is C13H21N. The van der Waals surface area contributed by atoms with Crippen LogP contribution >= 0.6 is 0 Å². The maximum Gasteiger partial charge on any atom is 0.0444 e. The second-order valence-corrected chi connectivity index (χ2v) is 3.19. The Kier molecular flexibility index (Phi) is 6.55. The molecule has 0 heterocycles. The number of hydrogen-bond acceptors (Lipinski definition) is 1. The first-order chi connectivity index (χ1) is 6.67. The fourth-order valence-corrected chi connectivity index (χ4v) is 1.19. The Balaban J connectivity index is 4.49. The molecule has 1 heteroatoms. The van der Waals surface area contributed by atoms with Crippen molar-refractivity contribution in [3.8, 4) is 0 Å². The van der Waals surface area contributed by atoms with E-state index in [-0.39, 0.29) is 0 Å². The van der Waals surface area contributed by atoms with E-state index in [1.807, 2.05) is 13.0 Å². The van der Waals surface area contributed by atoms with Crippen molar-refractivity contribution < 1.29 is 0 Å². The molecular weight excluding hydrogens is 170 g/mol. The molecule has 0 aromatic carbocycles. The van der Waals surface area contributed by atoms with E-state index in [1.165, 1.54) is 5.70 Å². The molecule has 1 atom stereocenters. The fraction of sp³-hybridized carbons (Fsp3) is 0.385. The summed E-state index contributed by atoms with van der Waals surface area (Å²) in [6.45, 7) is 9.90. The van der Waals surface area contributed by atoms with E-state index in [0.717, 1.165) is 0 Å². The largest absolute Gasteiger partial charge is 0.369 e. The zero-order chi connectivity index (χ0) is 11.0. The van der Waals surface area contributed by atoms with Crippen molar-refractivity contribution in [2.75, 3.05) is 7.05 Å². The summed E-state index contributed by atoms with van der Waals surface area (Å²) in [5, 5.41) is 0. The molecule has 0 aliphatic heterocycles. The monoisotopic (exact) mass is 191 g/mol. The second kappa shape index (κ2) is 7.19. The van der Waals surface area contributed by atoms with E-state index in [0.29, 0.717) is 6.04 Å². The molecule has 0 saturated heterocycles. The van der Waals surface area contributed by atoms with Crippen molar-refractivity contribution in [3.05, 3.63) is 48.7 Å². The fourth-order valence-electron chi connectivity index (χ4n) is 1.19. The van der Waals surface area contributed by atoms with Gasteiger partial charge in [-0.25, -0.2) is 0 Å². The molecule has 78 valence electrons. The summed E-state index contributed by atoms with van der Waals surface area (Å²) in [5.74, 6) is 0. The molecule has 1 unspecified atom stereocenters. The molecule has 0 amide bonds. The van der Waals surface area contributed by atoms with Crippen LogP contribution in [0.25, 0.3) is 0 Å². The lowest BCUT2D eigenvalue weighted by Crippen LogP contribution is -2.25. The van der Waals surface area contributed by atoms with Crippen LogP contribution in [-0.2, 0) is 0 Å². The number of rotatable bonds is 5. The van der Waals surface area contributed by atoms with Crippen molar-refractivity contribution in [2.45, 2.75) is 26.8 Å². The molecule has 0 aromatic rings. The van der Waals surface area contributed by atoms with Gasteiger partial charge in [-0.1, -0.05) is 37.0 Å². The Morgan fingerprint density at radius 3 is 2.43 bits per heavy atom. The SMILES string of the molecule is C=C/C=C\C(C)N(C)C(/C=C\C)=C/C. The number of likely N-dealkylation sites (N-methyl/N-ethyl adjacent to an activating group) is 1. The Bertz CT molecular complexity index is 246. The number of hydrogen-bond donors (Lipinski definition) is 0. The summed E-state index contributed by atoms with van der Waals surface area (Å²) in [6.07, 6.45) is 12.2. The van der Waals surface area contributed by atoms with Crippen molar-refractivity contribution in [3.63, 3.8) is 0 Å². The van der Waals surface area contributed by atoms with Gasteiger partial charge in [0, 0.05) is 18.8 Å². The third-order valence-electron chi connectivity index (χ3n) is 2.18. The lowest BCUT2D eigenvalue weighted by molar-refractivity contribution is 0.384. The molecule has 0 saturated carbocycles. The Morgan fingerprint density at radius 1 is 1.36 bits per heavy atom. The average Bonchev–Trinajstić information content (AvgIpc) is 2.21. The summed E-state index contributed by atoms with van der Waals surface area (Å²) >= 11 is 0. The van der Waals surface area contributed by atoms with E-state index >= 15 is 0 Å². The summed E-state index contributed by atoms with van der Waals surface area (Å²) < 4.78 is 0. The van der Waals surface area contributed by atoms with E-state index in [1.54, 1.807) is 6.08 Å². The summed E-state index contributed by atoms with van der Waals surface area (Å²) in [7, 11) is 2.09. The zero-order valence-corrected chi connectivity index (χ0v) is 9.70. The lowest BCUT2D eigenvalue weighted by atomic mass is 10.2. The molecule has 0 spiro atoms. The molecule has 0 bridgehead atoms. The van der Waals surface area contributed by atoms with Gasteiger partial charge in [0.25, 0.3) is 0 Å². The molecule has 0 rings (SSSR count). The van der Waals surface area contributed by atoms with Gasteiger partial charge in [-0.2, -0.15) is 0 Å². The first-order valence-corrected chi connectivity index (χ1v) is 4.98. The van der Waals surface area contributed by atoms with Crippen molar-refractivity contribution in [2.24, 2.45) is 0 Å². The molecule has 0 N–H and O–H groups in total. The first kappa shape index (κ1) is 12.8. The van der Waals surface area contributed by atoms with Gasteiger partial charge in [0.15, 0.2) is 0 Å². The minimum absolute atomic E-state index is 0.385. The van der Waals surface area contributed by atoms with Gasteiger partial charge >= 0.3 is 0 Å². The highest BCUT2D eigenvalue weighted by Crippen LogP contribution is 2.09. The van der Waals surface area contributed by atoms with Crippen LogP contribution in [0.4, 0.5) is 0 Å². The average molecular weight is 191 g/mol. The van der Waals surface area contributed by atoms with E-state index in [4.69, 9.17) is 0 Å². The van der Waals surface area contributed by atoms with Crippen LogP contribution in [0.5, 0.6) is 0 Å². The van der Waals surface area contributed by atoms with Crippen LogP contribution in [0.15, 0.2) is 48.7 Å². The third kappa shape index (κ3) is 4.13. The Hall–Kier alpha value is -1.24. The van der Waals surface area contributed by atoms with Gasteiger partial charge < -0.3 is 4.90 Å². The molecule has 0 aliphatic rings. The van der Waals surface area contributed by atoms with Gasteiger partial charge in [-0.05, 0) is 26.8 Å². The van der Waals surface area contributed by atoms with Crippen LogP contribution < -0.4 is 0 Å². The second-order valence-electron chi connectivity index (χ2n) is 3.19. The Labute approximate surface area is 88.1 Å². The van der Waals surface area contributed by atoms with Crippen molar-refractivity contribution in [1.82, 2.24) is 4.90 Å². The van der Waals surface area contributed by atoms with Gasteiger partial charge in [0.2, 0.25) is 0 Å². The predicted octanol–water partition coefficient (Wildman–Crippen LogP) is 3.53. The number of allylic oxidation sites excluding steroid dienone is 5. The highest BCUT2D eigenvalue weighted by Gasteiger charge is 2.05. The zero-order valence-electron chi connectivity index (χ0n) is 9.70. The number of nitrogens with zero attached hydrogens (tertiary/aromatic N) is 1. The topological polar surface area (TPSA) is 3.24 Å². The standard InChI is InChI=1S/C13H21N/c1-6-9-11-12(4)14(5)13(8-3)10-7-2/h6-12H,1H2,2-5H3/b10-7-,11-9-,13-8+. The first-order valence-electron chi connectivity index (χ1n) is 4.98. The van der Waals surface area contributed by atoms with Crippen LogP contribution in [-0.4, -0.2) is 18.0 Å². The smallest absolute Gasteiger partial charge is 0.0444 e. The Morgan fingerprint density at radius 2 is 2.00 bits per heavy atom. The molecule has 0 fully saturated rings. The molecule has 0 radical (unpaired) electrons. The summed E-state index contributed by atoms with van der Waals surface area (Å²) in [4.78, 5) is 2.22. The van der Waals surface area contributed by atoms with Crippen molar-refractivity contribution >= 4 is 0 Å². The van der Waals surface area contributed by atoms with Gasteiger partial charge in [-0.3, -0.25) is 0 Å². The maximum atomic E-state index is 3.66. The highest BCUT2D eigenvalue weighted by atomic mass is 15.1. The van der Waals surface area contributed by atoms with E-state index < -0.39 is 0 Å². The van der Waals surface area contributed by atoms with Crippen LogP contribution in [0, 0.1) is 0 Å². The van der Waals surface area contributed by atoms with Gasteiger partial charge in [-0.15, -0.1) is 0 Å². The summed E-state index contributed by atoms with van der Waals surface area (Å²) in [5.41, 5.74) is 1.23. The van der Waals surface area contributed by atoms with E-state index in [2.05, 4.69) is 56.7 Å². The predicted molar refractivity (Wildman–Crippen MR) is 65.1 cm³/mol. The molecule has 0 aliphatic carbocycles. The van der Waals surface area contributed by atoms with Crippen molar-refractivity contribution in [1.29, 1.82) is 0 Å². The quantitative estimate of drug-likeness (QED) is 0.601. The van der Waals surface area contributed by atoms with E-state index in [9.17, 15) is 0 Å².